The molecule has 0 spiro atoms. The number of rotatable bonds is 6. The summed E-state index contributed by atoms with van der Waals surface area (Å²) in [4.78, 5) is 3.32. The van der Waals surface area contributed by atoms with Gasteiger partial charge >= 0.3 is 0 Å². The summed E-state index contributed by atoms with van der Waals surface area (Å²) in [5.41, 5.74) is 2.46. The van der Waals surface area contributed by atoms with Gasteiger partial charge in [0, 0.05) is 0 Å². The Morgan fingerprint density at radius 1 is 0.783 bits per heavy atom. The van der Waals surface area contributed by atoms with Crippen molar-refractivity contribution in [3.05, 3.63) is 102 Å². The molecule has 2 aromatic carbocycles. The van der Waals surface area contributed by atoms with E-state index in [1.54, 1.807) is 0 Å². The number of hydrogen-bond acceptors (Lipinski definition) is 0. The van der Waals surface area contributed by atoms with Gasteiger partial charge in [0.25, 0.3) is 5.82 Å². The van der Waals surface area contributed by atoms with Gasteiger partial charge in [0.15, 0.2) is 0 Å². The third kappa shape index (κ3) is 4.55. The highest BCUT2D eigenvalue weighted by Gasteiger charge is 2.06. The van der Waals surface area contributed by atoms with Crippen LogP contribution in [0.15, 0.2) is 85.2 Å². The molecule has 3 rings (SSSR count). The topological polar surface area (TPSA) is 19.7 Å². The van der Waals surface area contributed by atoms with Gasteiger partial charge in [-0.15, -0.1) is 0 Å². The summed E-state index contributed by atoms with van der Waals surface area (Å²) in [6.45, 7) is 0.868. The molecule has 114 valence electrons. The van der Waals surface area contributed by atoms with Gasteiger partial charge in [-0.25, -0.2) is 9.55 Å². The third-order valence-corrected chi connectivity index (χ3v) is 3.68. The summed E-state index contributed by atoms with van der Waals surface area (Å²) in [6, 6.07) is 20.8. The van der Waals surface area contributed by atoms with E-state index in [9.17, 15) is 0 Å². The van der Waals surface area contributed by atoms with Crippen molar-refractivity contribution in [2.24, 2.45) is 0 Å². The van der Waals surface area contributed by atoms with Crippen LogP contribution in [0.5, 0.6) is 0 Å². The summed E-state index contributed by atoms with van der Waals surface area (Å²) < 4.78 is 2.23. The molecule has 0 saturated carbocycles. The number of imidazole rings is 1. The number of nitrogens with zero attached hydrogens (tertiary/aromatic N) is 1. The lowest BCUT2D eigenvalue weighted by Crippen LogP contribution is -2.34. The van der Waals surface area contributed by atoms with E-state index in [1.165, 1.54) is 17.0 Å². The smallest absolute Gasteiger partial charge is 0.247 e. The van der Waals surface area contributed by atoms with Crippen molar-refractivity contribution >= 4 is 12.2 Å². The van der Waals surface area contributed by atoms with Gasteiger partial charge in [-0.2, -0.15) is 0 Å². The molecule has 0 amide bonds. The number of nitrogens with one attached hydrogen (secondary N) is 1. The Morgan fingerprint density at radius 2 is 1.39 bits per heavy atom. The van der Waals surface area contributed by atoms with E-state index in [4.69, 9.17) is 0 Å². The second kappa shape index (κ2) is 7.95. The molecule has 0 saturated heterocycles. The van der Waals surface area contributed by atoms with Crippen molar-refractivity contribution in [2.75, 3.05) is 0 Å². The fourth-order valence-corrected chi connectivity index (χ4v) is 2.48. The minimum Gasteiger partial charge on any atom is -0.247 e. The Kier molecular flexibility index (Phi) is 5.20. The quantitative estimate of drug-likeness (QED) is 0.656. The molecule has 23 heavy (non-hydrogen) atoms. The van der Waals surface area contributed by atoms with E-state index in [2.05, 4.69) is 88.6 Å². The maximum atomic E-state index is 3.32. The molecule has 0 aliphatic rings. The van der Waals surface area contributed by atoms with Gasteiger partial charge in [-0.1, -0.05) is 78.9 Å². The van der Waals surface area contributed by atoms with E-state index in [1.807, 2.05) is 18.3 Å². The molecule has 1 aromatic heterocycles. The SMILES string of the molecule is C(=Cc1ccccc1)Cc1[nH]cc[n+]1CC=Cc1ccccc1. The van der Waals surface area contributed by atoms with Crippen molar-refractivity contribution in [2.45, 2.75) is 13.0 Å². The minimum atomic E-state index is 0.868. The summed E-state index contributed by atoms with van der Waals surface area (Å²) in [5.74, 6) is 1.20. The first-order valence-electron chi connectivity index (χ1n) is 7.91. The van der Waals surface area contributed by atoms with Gasteiger partial charge in [0.2, 0.25) is 0 Å². The molecular weight excluding hydrogens is 280 g/mol. The van der Waals surface area contributed by atoms with Crippen molar-refractivity contribution in [3.8, 4) is 0 Å². The molecule has 1 N–H and O–H groups in total. The Labute approximate surface area is 137 Å². The maximum Gasteiger partial charge on any atom is 0.258 e. The van der Waals surface area contributed by atoms with Crippen molar-refractivity contribution in [1.29, 1.82) is 0 Å². The number of hydrogen-bond donors (Lipinski definition) is 1. The predicted molar refractivity (Wildman–Crippen MR) is 95.6 cm³/mol. The van der Waals surface area contributed by atoms with Crippen LogP contribution < -0.4 is 4.57 Å². The molecule has 0 atom stereocenters. The number of benzene rings is 2. The van der Waals surface area contributed by atoms with Crippen molar-refractivity contribution in [3.63, 3.8) is 0 Å². The molecule has 2 heteroatoms. The molecule has 3 aromatic rings. The number of aromatic amines is 1. The van der Waals surface area contributed by atoms with Gasteiger partial charge in [-0.3, -0.25) is 0 Å². The van der Waals surface area contributed by atoms with Crippen molar-refractivity contribution < 1.29 is 4.57 Å². The number of H-pyrrole nitrogens is 1. The Morgan fingerprint density at radius 3 is 2.04 bits per heavy atom. The molecule has 0 aliphatic heterocycles. The van der Waals surface area contributed by atoms with Gasteiger partial charge in [0.05, 0.1) is 6.42 Å². The second-order valence-corrected chi connectivity index (χ2v) is 5.39. The van der Waals surface area contributed by atoms with Crippen LogP contribution in [0.2, 0.25) is 0 Å². The maximum absolute atomic E-state index is 3.32. The molecule has 1 heterocycles. The summed E-state index contributed by atoms with van der Waals surface area (Å²) >= 11 is 0. The molecule has 0 aliphatic carbocycles. The normalized spacial score (nSPS) is 11.5. The Hall–Kier alpha value is -2.87. The third-order valence-electron chi connectivity index (χ3n) is 3.68. The highest BCUT2D eigenvalue weighted by molar-refractivity contribution is 5.49. The van der Waals surface area contributed by atoms with Crippen LogP contribution in [0.4, 0.5) is 0 Å². The van der Waals surface area contributed by atoms with Crippen LogP contribution in [0.25, 0.3) is 12.2 Å². The Bertz CT molecular complexity index is 702. The van der Waals surface area contributed by atoms with E-state index >= 15 is 0 Å². The van der Waals surface area contributed by atoms with E-state index in [-0.39, 0.29) is 0 Å². The van der Waals surface area contributed by atoms with Crippen LogP contribution in [-0.4, -0.2) is 4.98 Å². The highest BCUT2D eigenvalue weighted by atomic mass is 15.0. The first kappa shape index (κ1) is 15.0. The van der Waals surface area contributed by atoms with Crippen LogP contribution in [-0.2, 0) is 13.0 Å². The average Bonchev–Trinajstić information content (AvgIpc) is 3.04. The second-order valence-electron chi connectivity index (χ2n) is 5.39. The van der Waals surface area contributed by atoms with Gasteiger partial charge in [-0.05, 0) is 17.2 Å². The molecule has 2 nitrogen and oxygen atoms in total. The van der Waals surface area contributed by atoms with Crippen LogP contribution in [0.3, 0.4) is 0 Å². The Balaban J connectivity index is 1.59. The lowest BCUT2D eigenvalue weighted by atomic mass is 10.2. The standard InChI is InChI=1S/C21H20N2/c1-3-9-19(10-4-1)13-7-15-21-22-16-18-23(21)17-8-14-20-11-5-2-6-12-20/h1-14,16,18H,15,17H2/p+1. The van der Waals surface area contributed by atoms with Gasteiger partial charge in [0.1, 0.15) is 18.9 Å². The first-order valence-corrected chi connectivity index (χ1v) is 7.91. The fraction of sp³-hybridized carbons (Fsp3) is 0.0952. The predicted octanol–water partition coefficient (Wildman–Crippen LogP) is 4.27. The van der Waals surface area contributed by atoms with E-state index in [0.717, 1.165) is 13.0 Å². The lowest BCUT2D eigenvalue weighted by molar-refractivity contribution is -0.692. The lowest BCUT2D eigenvalue weighted by Gasteiger charge is -1.96. The monoisotopic (exact) mass is 301 g/mol. The van der Waals surface area contributed by atoms with Gasteiger partial charge < -0.3 is 0 Å². The van der Waals surface area contributed by atoms with E-state index < -0.39 is 0 Å². The van der Waals surface area contributed by atoms with Crippen LogP contribution in [0, 0.1) is 0 Å². The molecule has 0 unspecified atom stereocenters. The first-order chi connectivity index (χ1) is 11.4. The average molecular weight is 301 g/mol. The zero-order valence-corrected chi connectivity index (χ0v) is 13.1. The zero-order chi connectivity index (χ0) is 15.7. The highest BCUT2D eigenvalue weighted by Crippen LogP contribution is 2.03. The zero-order valence-electron chi connectivity index (χ0n) is 13.1. The van der Waals surface area contributed by atoms with Crippen LogP contribution >= 0.6 is 0 Å². The molecular formula is C21H21N2+. The molecule has 0 fully saturated rings. The van der Waals surface area contributed by atoms with Crippen LogP contribution in [0.1, 0.15) is 17.0 Å². The summed E-state index contributed by atoms with van der Waals surface area (Å²) in [6.07, 6.45) is 13.7. The van der Waals surface area contributed by atoms with E-state index in [0.29, 0.717) is 0 Å². The summed E-state index contributed by atoms with van der Waals surface area (Å²) in [5, 5.41) is 0. The van der Waals surface area contributed by atoms with Crippen molar-refractivity contribution in [1.82, 2.24) is 4.98 Å². The largest absolute Gasteiger partial charge is 0.258 e. The summed E-state index contributed by atoms with van der Waals surface area (Å²) in [7, 11) is 0. The number of aromatic nitrogens is 2. The molecule has 0 radical (unpaired) electrons. The molecule has 0 bridgehead atoms. The minimum absolute atomic E-state index is 0.868. The fourth-order valence-electron chi connectivity index (χ4n) is 2.48. The number of allylic oxidation sites excluding steroid dienone is 2.